The summed E-state index contributed by atoms with van der Waals surface area (Å²) in [6.45, 7) is 9.89. The van der Waals surface area contributed by atoms with E-state index in [0.717, 1.165) is 37.4 Å². The molecule has 1 unspecified atom stereocenters. The first-order valence-electron chi connectivity index (χ1n) is 9.47. The van der Waals surface area contributed by atoms with E-state index in [1.807, 2.05) is 0 Å². The number of hydrogen-bond acceptors (Lipinski definition) is 3. The second-order valence-corrected chi connectivity index (χ2v) is 8.06. The van der Waals surface area contributed by atoms with Crippen molar-refractivity contribution < 1.29 is 0 Å². The van der Waals surface area contributed by atoms with Gasteiger partial charge in [0, 0.05) is 37.2 Å². The lowest BCUT2D eigenvalue weighted by molar-refractivity contribution is 0.389. The Morgan fingerprint density at radius 2 is 1.91 bits per heavy atom. The molecule has 5 heteroatoms. The summed E-state index contributed by atoms with van der Waals surface area (Å²) in [5, 5.41) is 4.25. The molecule has 1 rings (SSSR count). The summed E-state index contributed by atoms with van der Waals surface area (Å²) in [5.41, 5.74) is 0. The molecule has 1 aliphatic heterocycles. The van der Waals surface area contributed by atoms with Crippen LogP contribution in [0.15, 0.2) is 4.99 Å². The highest BCUT2D eigenvalue weighted by Gasteiger charge is 2.21. The van der Waals surface area contributed by atoms with Crippen LogP contribution in [-0.2, 0) is 0 Å². The van der Waals surface area contributed by atoms with Gasteiger partial charge in [-0.15, -0.1) is 0 Å². The Kier molecular flexibility index (Phi) is 11.6. The van der Waals surface area contributed by atoms with E-state index in [2.05, 4.69) is 54.8 Å². The van der Waals surface area contributed by atoms with Gasteiger partial charge in [-0.1, -0.05) is 26.2 Å². The Hall–Kier alpha value is -0.420. The third kappa shape index (κ3) is 9.46. The minimum absolute atomic E-state index is 0.768. The largest absolute Gasteiger partial charge is 0.357 e. The molecule has 0 aromatic heterocycles. The lowest BCUT2D eigenvalue weighted by Crippen LogP contribution is -2.48. The Morgan fingerprint density at radius 3 is 2.61 bits per heavy atom. The predicted molar refractivity (Wildman–Crippen MR) is 106 cm³/mol. The summed E-state index contributed by atoms with van der Waals surface area (Å²) in [6, 6.07) is 0. The quantitative estimate of drug-likeness (QED) is 0.375. The molecule has 0 amide bonds. The van der Waals surface area contributed by atoms with Gasteiger partial charge in [0.05, 0.1) is 0 Å². The molecule has 1 aliphatic rings. The van der Waals surface area contributed by atoms with Gasteiger partial charge in [0.2, 0.25) is 0 Å². The molecule has 1 saturated heterocycles. The Bertz CT molecular complexity index is 320. The van der Waals surface area contributed by atoms with Crippen molar-refractivity contribution in [3.05, 3.63) is 0 Å². The van der Waals surface area contributed by atoms with E-state index in [1.165, 1.54) is 50.8 Å². The third-order valence-electron chi connectivity index (χ3n) is 4.25. The van der Waals surface area contributed by atoms with E-state index in [-0.39, 0.29) is 0 Å². The minimum atomic E-state index is 0.768. The van der Waals surface area contributed by atoms with Crippen LogP contribution in [0.5, 0.6) is 0 Å². The second-order valence-electron chi connectivity index (χ2n) is 6.65. The van der Waals surface area contributed by atoms with Crippen molar-refractivity contribution in [3.8, 4) is 0 Å². The predicted octanol–water partition coefficient (Wildman–Crippen LogP) is 3.29. The molecule has 1 N–H and O–H groups in total. The average Bonchev–Trinajstić information content (AvgIpc) is 2.56. The summed E-state index contributed by atoms with van der Waals surface area (Å²) < 4.78 is 0. The van der Waals surface area contributed by atoms with Gasteiger partial charge in [-0.25, -0.2) is 0 Å². The molecule has 0 saturated carbocycles. The molecule has 0 spiro atoms. The molecule has 1 atom stereocenters. The molecular formula is C18H38N4S. The normalized spacial score (nSPS) is 19.4. The van der Waals surface area contributed by atoms with Crippen LogP contribution in [-0.4, -0.2) is 73.6 Å². The average molecular weight is 343 g/mol. The fourth-order valence-electron chi connectivity index (χ4n) is 2.84. The van der Waals surface area contributed by atoms with E-state index in [0.29, 0.717) is 0 Å². The molecule has 1 heterocycles. The molecule has 0 aromatic carbocycles. The van der Waals surface area contributed by atoms with Gasteiger partial charge in [0.15, 0.2) is 5.96 Å². The van der Waals surface area contributed by atoms with Crippen LogP contribution in [0.25, 0.3) is 0 Å². The highest BCUT2D eigenvalue weighted by molar-refractivity contribution is 8.00. The highest BCUT2D eigenvalue weighted by Crippen LogP contribution is 2.21. The summed E-state index contributed by atoms with van der Waals surface area (Å²) >= 11 is 2.12. The summed E-state index contributed by atoms with van der Waals surface area (Å²) in [7, 11) is 4.30. The summed E-state index contributed by atoms with van der Waals surface area (Å²) in [6.07, 6.45) is 7.80. The smallest absolute Gasteiger partial charge is 0.193 e. The molecule has 136 valence electrons. The second kappa shape index (κ2) is 12.9. The zero-order chi connectivity index (χ0) is 16.9. The molecule has 0 bridgehead atoms. The van der Waals surface area contributed by atoms with Crippen LogP contribution in [0.2, 0.25) is 0 Å². The zero-order valence-corrected chi connectivity index (χ0v) is 16.6. The Labute approximate surface area is 148 Å². The number of unbranched alkanes of at least 4 members (excludes halogenated alkanes) is 4. The van der Waals surface area contributed by atoms with E-state index >= 15 is 0 Å². The molecule has 0 radical (unpaired) electrons. The van der Waals surface area contributed by atoms with Gasteiger partial charge >= 0.3 is 0 Å². The summed E-state index contributed by atoms with van der Waals surface area (Å²) in [5.74, 6) is 2.37. The first-order chi connectivity index (χ1) is 11.2. The van der Waals surface area contributed by atoms with Crippen molar-refractivity contribution in [1.29, 1.82) is 0 Å². The first-order valence-corrected chi connectivity index (χ1v) is 10.5. The maximum atomic E-state index is 4.87. The fraction of sp³-hybridized carbons (Fsp3) is 0.944. The van der Waals surface area contributed by atoms with E-state index < -0.39 is 0 Å². The minimum Gasteiger partial charge on any atom is -0.357 e. The van der Waals surface area contributed by atoms with E-state index in [1.54, 1.807) is 0 Å². The fourth-order valence-corrected chi connectivity index (χ4v) is 4.02. The van der Waals surface area contributed by atoms with Crippen LogP contribution in [0.3, 0.4) is 0 Å². The number of nitrogens with zero attached hydrogens (tertiary/aromatic N) is 3. The summed E-state index contributed by atoms with van der Waals surface area (Å²) in [4.78, 5) is 9.60. The number of thioether (sulfide) groups is 1. The van der Waals surface area contributed by atoms with Crippen LogP contribution >= 0.6 is 11.8 Å². The van der Waals surface area contributed by atoms with Crippen molar-refractivity contribution in [2.75, 3.05) is 52.6 Å². The van der Waals surface area contributed by atoms with Crippen molar-refractivity contribution in [2.45, 2.75) is 57.6 Å². The van der Waals surface area contributed by atoms with Crippen LogP contribution in [0, 0.1) is 0 Å². The SMILES string of the molecule is CCNC(=NCCCCCCCN(C)C)N1CCSC(CC)C1. The van der Waals surface area contributed by atoms with Gasteiger partial charge in [-0.3, -0.25) is 4.99 Å². The lowest BCUT2D eigenvalue weighted by atomic mass is 10.1. The third-order valence-corrected chi connectivity index (χ3v) is 5.63. The number of guanidine groups is 1. The number of hydrogen-bond donors (Lipinski definition) is 1. The standard InChI is InChI=1S/C18H38N4S/c1-5-17-16-22(14-15-23-17)18(19-6-2)20-12-10-8-7-9-11-13-21(3)4/h17H,5-16H2,1-4H3,(H,19,20). The topological polar surface area (TPSA) is 30.9 Å². The van der Waals surface area contributed by atoms with Crippen LogP contribution in [0.4, 0.5) is 0 Å². The highest BCUT2D eigenvalue weighted by atomic mass is 32.2. The Morgan fingerprint density at radius 1 is 1.17 bits per heavy atom. The molecule has 23 heavy (non-hydrogen) atoms. The molecule has 0 aliphatic carbocycles. The van der Waals surface area contributed by atoms with Gasteiger partial charge in [-0.2, -0.15) is 11.8 Å². The number of aliphatic imine (C=N–C) groups is 1. The monoisotopic (exact) mass is 342 g/mol. The van der Waals surface area contributed by atoms with Crippen molar-refractivity contribution in [1.82, 2.24) is 15.1 Å². The Balaban J connectivity index is 2.24. The van der Waals surface area contributed by atoms with Gasteiger partial charge in [-0.05, 0) is 46.8 Å². The maximum absolute atomic E-state index is 4.87. The van der Waals surface area contributed by atoms with Crippen molar-refractivity contribution >= 4 is 17.7 Å². The van der Waals surface area contributed by atoms with Gasteiger partial charge in [0.25, 0.3) is 0 Å². The van der Waals surface area contributed by atoms with Gasteiger partial charge < -0.3 is 15.1 Å². The number of nitrogens with one attached hydrogen (secondary N) is 1. The molecular weight excluding hydrogens is 304 g/mol. The van der Waals surface area contributed by atoms with Crippen LogP contribution < -0.4 is 5.32 Å². The zero-order valence-electron chi connectivity index (χ0n) is 15.8. The molecule has 0 aromatic rings. The van der Waals surface area contributed by atoms with Gasteiger partial charge in [0.1, 0.15) is 0 Å². The van der Waals surface area contributed by atoms with E-state index in [4.69, 9.17) is 4.99 Å². The molecule has 1 fully saturated rings. The van der Waals surface area contributed by atoms with E-state index in [9.17, 15) is 0 Å². The first kappa shape index (κ1) is 20.6. The van der Waals surface area contributed by atoms with Crippen LogP contribution in [0.1, 0.15) is 52.4 Å². The van der Waals surface area contributed by atoms with Crippen molar-refractivity contribution in [2.24, 2.45) is 4.99 Å². The molecule has 4 nitrogen and oxygen atoms in total. The lowest BCUT2D eigenvalue weighted by Gasteiger charge is -2.34. The van der Waals surface area contributed by atoms with Crippen molar-refractivity contribution in [3.63, 3.8) is 0 Å². The number of rotatable bonds is 10. The maximum Gasteiger partial charge on any atom is 0.193 e.